The van der Waals surface area contributed by atoms with Crippen molar-refractivity contribution in [3.63, 3.8) is 0 Å². The maximum absolute atomic E-state index is 12.5. The summed E-state index contributed by atoms with van der Waals surface area (Å²) in [6.07, 6.45) is 1.42. The zero-order chi connectivity index (χ0) is 19.3. The minimum Gasteiger partial charge on any atom is -0.859 e. The second-order valence-corrected chi connectivity index (χ2v) is 5.89. The van der Waals surface area contributed by atoms with Crippen molar-refractivity contribution in [3.05, 3.63) is 63.3 Å². The van der Waals surface area contributed by atoms with Gasteiger partial charge in [0.05, 0.1) is 30.1 Å². The first kappa shape index (κ1) is 19.4. The molecule has 2 N–H and O–H groups in total. The fraction of sp³-hybridized carbons (Fsp3) is 0.316. The van der Waals surface area contributed by atoms with Crippen LogP contribution in [-0.2, 0) is 6.54 Å². The first-order valence-electron chi connectivity index (χ1n) is 8.58. The molecule has 0 saturated heterocycles. The lowest BCUT2D eigenvalue weighted by molar-refractivity contribution is -0.828. The molecule has 0 fully saturated rings. The number of H-pyrrole nitrogens is 1. The van der Waals surface area contributed by atoms with E-state index in [1.54, 1.807) is 6.92 Å². The predicted octanol–water partition coefficient (Wildman–Crippen LogP) is 0.493. The van der Waals surface area contributed by atoms with Crippen molar-refractivity contribution in [2.75, 3.05) is 13.1 Å². The third kappa shape index (κ3) is 4.00. The van der Waals surface area contributed by atoms with E-state index in [9.17, 15) is 14.7 Å². The minimum absolute atomic E-state index is 0.0239. The van der Waals surface area contributed by atoms with E-state index in [0.29, 0.717) is 5.69 Å². The van der Waals surface area contributed by atoms with Crippen LogP contribution in [0.2, 0.25) is 0 Å². The number of aromatic nitrogens is 2. The Morgan fingerprint density at radius 2 is 1.88 bits per heavy atom. The standard InChI is InChI=1S/C19H24N4O3/c1-5-12-23-18(25)16(17(24)21-19(23)26)13(4)20-14-8-10-15(11-9-14)22(6-2)7-3/h5,8-11,25H,1,6-7,12H2,2-4H3,(H,21,24,26). The van der Waals surface area contributed by atoms with Gasteiger partial charge in [0, 0.05) is 18.7 Å². The molecule has 1 aromatic carbocycles. The molecule has 0 amide bonds. The highest BCUT2D eigenvalue weighted by molar-refractivity contribution is 6.01. The fourth-order valence-electron chi connectivity index (χ4n) is 2.84. The van der Waals surface area contributed by atoms with Gasteiger partial charge in [0.25, 0.3) is 5.56 Å². The number of aromatic amines is 1. The Labute approximate surface area is 152 Å². The summed E-state index contributed by atoms with van der Waals surface area (Å²) in [6.45, 7) is 11.3. The van der Waals surface area contributed by atoms with E-state index in [4.69, 9.17) is 0 Å². The largest absolute Gasteiger partial charge is 0.859 e. The van der Waals surface area contributed by atoms with E-state index in [0.717, 1.165) is 23.3 Å². The SMILES string of the molecule is C=CCn1c([O-])c(C(C)=Nc2ccc([NH+](CC)CC)cc2)c(=O)[nH]c1=O. The number of hydrogen-bond acceptors (Lipinski definition) is 4. The molecule has 0 aliphatic heterocycles. The quantitative estimate of drug-likeness (QED) is 0.558. The van der Waals surface area contributed by atoms with Crippen molar-refractivity contribution in [3.8, 4) is 5.88 Å². The van der Waals surface area contributed by atoms with Crippen LogP contribution >= 0.6 is 0 Å². The monoisotopic (exact) mass is 356 g/mol. The van der Waals surface area contributed by atoms with Crippen LogP contribution in [0.15, 0.2) is 51.5 Å². The number of benzene rings is 1. The molecule has 0 bridgehead atoms. The van der Waals surface area contributed by atoms with Crippen LogP contribution in [-0.4, -0.2) is 28.4 Å². The van der Waals surface area contributed by atoms with E-state index < -0.39 is 17.1 Å². The van der Waals surface area contributed by atoms with Crippen molar-refractivity contribution in [1.29, 1.82) is 0 Å². The van der Waals surface area contributed by atoms with Gasteiger partial charge in [-0.05, 0) is 38.8 Å². The Balaban J connectivity index is 2.44. The van der Waals surface area contributed by atoms with Crippen LogP contribution in [0.25, 0.3) is 0 Å². The number of aliphatic imine (C=N–C) groups is 1. The number of nitrogens with one attached hydrogen (secondary N) is 2. The number of nitrogens with zero attached hydrogens (tertiary/aromatic N) is 2. The maximum Gasteiger partial charge on any atom is 0.328 e. The molecular formula is C19H24N4O3. The van der Waals surface area contributed by atoms with Crippen LogP contribution in [0.4, 0.5) is 11.4 Å². The van der Waals surface area contributed by atoms with E-state index in [1.165, 1.54) is 11.0 Å². The van der Waals surface area contributed by atoms with E-state index in [-0.39, 0.29) is 17.8 Å². The van der Waals surface area contributed by atoms with Crippen molar-refractivity contribution < 1.29 is 10.0 Å². The number of quaternary nitrogens is 1. The van der Waals surface area contributed by atoms with Crippen molar-refractivity contribution in [2.24, 2.45) is 4.99 Å². The summed E-state index contributed by atoms with van der Waals surface area (Å²) in [5.74, 6) is -0.663. The van der Waals surface area contributed by atoms with Gasteiger partial charge in [-0.2, -0.15) is 0 Å². The van der Waals surface area contributed by atoms with Gasteiger partial charge < -0.3 is 14.6 Å². The third-order valence-electron chi connectivity index (χ3n) is 4.25. The molecule has 2 aromatic rings. The van der Waals surface area contributed by atoms with Crippen LogP contribution in [0.3, 0.4) is 0 Å². The average molecular weight is 356 g/mol. The molecule has 0 radical (unpaired) electrons. The lowest BCUT2D eigenvalue weighted by Gasteiger charge is -2.18. The average Bonchev–Trinajstić information content (AvgIpc) is 2.61. The first-order chi connectivity index (χ1) is 12.4. The molecule has 0 saturated carbocycles. The smallest absolute Gasteiger partial charge is 0.328 e. The molecule has 0 unspecified atom stereocenters. The number of hydrogen-bond donors (Lipinski definition) is 2. The van der Waals surface area contributed by atoms with Gasteiger partial charge in [-0.25, -0.2) is 4.79 Å². The van der Waals surface area contributed by atoms with Crippen molar-refractivity contribution in [2.45, 2.75) is 27.3 Å². The molecule has 7 heteroatoms. The second-order valence-electron chi connectivity index (χ2n) is 5.89. The van der Waals surface area contributed by atoms with Gasteiger partial charge in [-0.15, -0.1) is 6.58 Å². The second kappa shape index (κ2) is 8.44. The van der Waals surface area contributed by atoms with Gasteiger partial charge in [0.1, 0.15) is 5.69 Å². The van der Waals surface area contributed by atoms with Gasteiger partial charge >= 0.3 is 5.69 Å². The molecule has 26 heavy (non-hydrogen) atoms. The molecule has 7 nitrogen and oxygen atoms in total. The normalized spacial score (nSPS) is 11.8. The zero-order valence-electron chi connectivity index (χ0n) is 15.3. The fourth-order valence-corrected chi connectivity index (χ4v) is 2.84. The molecule has 2 rings (SSSR count). The molecule has 0 aliphatic rings. The highest BCUT2D eigenvalue weighted by Crippen LogP contribution is 2.17. The summed E-state index contributed by atoms with van der Waals surface area (Å²) in [6, 6.07) is 7.66. The molecule has 138 valence electrons. The number of rotatable bonds is 7. The number of allylic oxidation sites excluding steroid dienone is 1. The summed E-state index contributed by atoms with van der Waals surface area (Å²) in [5.41, 5.74) is 0.447. The Kier molecular flexibility index (Phi) is 6.30. The lowest BCUT2D eigenvalue weighted by Crippen LogP contribution is -3.06. The van der Waals surface area contributed by atoms with Crippen LogP contribution in [0.5, 0.6) is 5.88 Å². The Morgan fingerprint density at radius 3 is 2.42 bits per heavy atom. The van der Waals surface area contributed by atoms with Crippen molar-refractivity contribution >= 4 is 17.1 Å². The summed E-state index contributed by atoms with van der Waals surface area (Å²) in [7, 11) is 0. The van der Waals surface area contributed by atoms with E-state index >= 15 is 0 Å². The van der Waals surface area contributed by atoms with Crippen LogP contribution < -0.4 is 21.3 Å². The maximum atomic E-state index is 12.5. The lowest BCUT2D eigenvalue weighted by atomic mass is 10.2. The summed E-state index contributed by atoms with van der Waals surface area (Å²) < 4.78 is 0.926. The zero-order valence-corrected chi connectivity index (χ0v) is 15.3. The topological polar surface area (TPSA) is 94.7 Å². The van der Waals surface area contributed by atoms with Gasteiger partial charge in [-0.3, -0.25) is 14.8 Å². The highest BCUT2D eigenvalue weighted by Gasteiger charge is 2.11. The van der Waals surface area contributed by atoms with Crippen LogP contribution in [0, 0.1) is 0 Å². The molecule has 0 aliphatic carbocycles. The predicted molar refractivity (Wildman–Crippen MR) is 101 cm³/mol. The summed E-state index contributed by atoms with van der Waals surface area (Å²) in [5, 5.41) is 12.5. The molecule has 0 atom stereocenters. The summed E-state index contributed by atoms with van der Waals surface area (Å²) in [4.78, 5) is 31.7. The van der Waals surface area contributed by atoms with Gasteiger partial charge in [-0.1, -0.05) is 6.08 Å². The van der Waals surface area contributed by atoms with E-state index in [1.807, 2.05) is 24.3 Å². The minimum atomic E-state index is -0.747. The Morgan fingerprint density at radius 1 is 1.27 bits per heavy atom. The molecule has 0 spiro atoms. The Bertz CT molecular complexity index is 919. The van der Waals surface area contributed by atoms with Crippen molar-refractivity contribution in [1.82, 2.24) is 9.55 Å². The van der Waals surface area contributed by atoms with Gasteiger partial charge in [0.15, 0.2) is 0 Å². The summed E-state index contributed by atoms with van der Waals surface area (Å²) >= 11 is 0. The van der Waals surface area contributed by atoms with Gasteiger partial charge in [0.2, 0.25) is 0 Å². The Hall–Kier alpha value is -2.93. The molecular weight excluding hydrogens is 332 g/mol. The van der Waals surface area contributed by atoms with Crippen LogP contribution in [0.1, 0.15) is 26.3 Å². The molecule has 1 aromatic heterocycles. The first-order valence-corrected chi connectivity index (χ1v) is 8.58. The molecule has 1 heterocycles. The van der Waals surface area contributed by atoms with E-state index in [2.05, 4.69) is 30.4 Å². The third-order valence-corrected chi connectivity index (χ3v) is 4.25. The highest BCUT2D eigenvalue weighted by atomic mass is 16.3.